The fraction of sp³-hybridized carbons (Fsp3) is 0.562. The van der Waals surface area contributed by atoms with E-state index in [1.165, 1.54) is 5.56 Å². The highest BCUT2D eigenvalue weighted by atomic mass is 79.9. The normalized spacial score (nSPS) is 19.8. The van der Waals surface area contributed by atoms with Crippen LogP contribution in [0.4, 0.5) is 0 Å². The maximum absolute atomic E-state index is 12.0. The van der Waals surface area contributed by atoms with Gasteiger partial charge in [-0.3, -0.25) is 4.79 Å². The molecule has 0 unspecified atom stereocenters. The van der Waals surface area contributed by atoms with Crippen LogP contribution in [0.1, 0.15) is 31.2 Å². The minimum atomic E-state index is 0.347. The third-order valence-corrected chi connectivity index (χ3v) is 5.54. The molecule has 1 amide bonds. The molecule has 114 valence electrons. The molecule has 2 aliphatic rings. The topological polar surface area (TPSA) is 32.3 Å². The summed E-state index contributed by atoms with van der Waals surface area (Å²) in [6.45, 7) is 2.62. The molecule has 1 aromatic rings. The van der Waals surface area contributed by atoms with Crippen molar-refractivity contribution < 1.29 is 4.79 Å². The quantitative estimate of drug-likeness (QED) is 0.877. The Kier molecular flexibility index (Phi) is 4.87. The van der Waals surface area contributed by atoms with Crippen molar-refractivity contribution in [1.82, 2.24) is 10.2 Å². The van der Waals surface area contributed by atoms with E-state index in [9.17, 15) is 4.79 Å². The van der Waals surface area contributed by atoms with Crippen molar-refractivity contribution in [1.29, 1.82) is 0 Å². The molecule has 21 heavy (non-hydrogen) atoms. The number of nitrogens with one attached hydrogen (secondary N) is 1. The Morgan fingerprint density at radius 2 is 2.00 bits per heavy atom. The van der Waals surface area contributed by atoms with Gasteiger partial charge in [-0.1, -0.05) is 17.7 Å². The van der Waals surface area contributed by atoms with Crippen LogP contribution in [-0.4, -0.2) is 29.9 Å². The largest absolute Gasteiger partial charge is 0.342 e. The molecule has 5 heteroatoms. The molecule has 0 radical (unpaired) electrons. The zero-order valence-corrected chi connectivity index (χ0v) is 14.3. The van der Waals surface area contributed by atoms with Gasteiger partial charge in [-0.15, -0.1) is 0 Å². The van der Waals surface area contributed by atoms with Crippen LogP contribution in [0.15, 0.2) is 22.7 Å². The highest BCUT2D eigenvalue weighted by Gasteiger charge is 2.34. The van der Waals surface area contributed by atoms with Gasteiger partial charge in [0.25, 0.3) is 0 Å². The molecule has 0 atom stereocenters. The standard InChI is InChI=1S/C16H20BrClN2O/c17-14-4-1-11(9-15(14)18)10-19-13-5-7-20(8-6-13)16(21)12-2-3-12/h1,4,9,12-13,19H,2-3,5-8,10H2. The second-order valence-electron chi connectivity index (χ2n) is 6.00. The van der Waals surface area contributed by atoms with Crippen LogP contribution < -0.4 is 5.32 Å². The lowest BCUT2D eigenvalue weighted by molar-refractivity contribution is -0.133. The van der Waals surface area contributed by atoms with Crippen LogP contribution in [-0.2, 0) is 11.3 Å². The molecule has 3 rings (SSSR count). The maximum Gasteiger partial charge on any atom is 0.225 e. The van der Waals surface area contributed by atoms with Gasteiger partial charge in [-0.05, 0) is 59.3 Å². The summed E-state index contributed by atoms with van der Waals surface area (Å²) < 4.78 is 0.930. The summed E-state index contributed by atoms with van der Waals surface area (Å²) in [5.41, 5.74) is 1.19. The molecule has 1 aliphatic heterocycles. The number of rotatable bonds is 4. The third-order valence-electron chi connectivity index (χ3n) is 4.31. The van der Waals surface area contributed by atoms with Crippen LogP contribution in [0.25, 0.3) is 0 Å². The molecule has 1 saturated heterocycles. The van der Waals surface area contributed by atoms with E-state index in [0.717, 1.165) is 54.8 Å². The fourth-order valence-electron chi connectivity index (χ4n) is 2.80. The number of amides is 1. The van der Waals surface area contributed by atoms with Gasteiger partial charge in [0.05, 0.1) is 5.02 Å². The van der Waals surface area contributed by atoms with Crippen molar-refractivity contribution in [3.8, 4) is 0 Å². The molecule has 3 nitrogen and oxygen atoms in total. The Labute approximate surface area is 139 Å². The second kappa shape index (κ2) is 6.67. The number of benzene rings is 1. The number of nitrogens with zero attached hydrogens (tertiary/aromatic N) is 1. The first-order chi connectivity index (χ1) is 10.1. The van der Waals surface area contributed by atoms with Crippen molar-refractivity contribution in [3.63, 3.8) is 0 Å². The lowest BCUT2D eigenvalue weighted by Crippen LogP contribution is -2.45. The summed E-state index contributed by atoms with van der Waals surface area (Å²) in [7, 11) is 0. The Hall–Kier alpha value is -0.580. The summed E-state index contributed by atoms with van der Waals surface area (Å²) in [5.74, 6) is 0.729. The smallest absolute Gasteiger partial charge is 0.225 e. The molecular formula is C16H20BrClN2O. The van der Waals surface area contributed by atoms with Crippen LogP contribution in [0.3, 0.4) is 0 Å². The average Bonchev–Trinajstić information content (AvgIpc) is 3.33. The lowest BCUT2D eigenvalue weighted by atomic mass is 10.0. The van der Waals surface area contributed by atoms with E-state index in [1.807, 2.05) is 17.0 Å². The number of likely N-dealkylation sites (tertiary alicyclic amines) is 1. The molecule has 2 fully saturated rings. The molecule has 1 aliphatic carbocycles. The van der Waals surface area contributed by atoms with Crippen molar-refractivity contribution in [2.24, 2.45) is 5.92 Å². The van der Waals surface area contributed by atoms with E-state index in [2.05, 4.69) is 27.3 Å². The first-order valence-corrected chi connectivity index (χ1v) is 8.76. The Bertz CT molecular complexity index is 525. The van der Waals surface area contributed by atoms with Crippen molar-refractivity contribution >= 4 is 33.4 Å². The predicted octanol–water partition coefficient (Wildman–Crippen LogP) is 3.59. The van der Waals surface area contributed by atoms with Gasteiger partial charge in [-0.2, -0.15) is 0 Å². The Balaban J connectivity index is 1.44. The van der Waals surface area contributed by atoms with Gasteiger partial charge in [0.15, 0.2) is 0 Å². The van der Waals surface area contributed by atoms with Crippen LogP contribution in [0, 0.1) is 5.92 Å². The molecule has 1 heterocycles. The number of carbonyl (C=O) groups is 1. The van der Waals surface area contributed by atoms with Crippen molar-refractivity contribution in [2.75, 3.05) is 13.1 Å². The third kappa shape index (κ3) is 3.99. The number of halogens is 2. The van der Waals surface area contributed by atoms with Gasteiger partial charge in [-0.25, -0.2) is 0 Å². The zero-order chi connectivity index (χ0) is 14.8. The van der Waals surface area contributed by atoms with Crippen LogP contribution in [0.5, 0.6) is 0 Å². The molecular weight excluding hydrogens is 352 g/mol. The highest BCUT2D eigenvalue weighted by molar-refractivity contribution is 9.10. The summed E-state index contributed by atoms with van der Waals surface area (Å²) in [4.78, 5) is 14.1. The first kappa shape index (κ1) is 15.3. The van der Waals surface area contributed by atoms with Gasteiger partial charge in [0.2, 0.25) is 5.91 Å². The fourth-order valence-corrected chi connectivity index (χ4v) is 3.25. The van der Waals surface area contributed by atoms with Crippen molar-refractivity contribution in [2.45, 2.75) is 38.3 Å². The monoisotopic (exact) mass is 370 g/mol. The maximum atomic E-state index is 12.0. The van der Waals surface area contributed by atoms with Crippen LogP contribution >= 0.6 is 27.5 Å². The van der Waals surface area contributed by atoms with Crippen LogP contribution in [0.2, 0.25) is 5.02 Å². The molecule has 0 aromatic heterocycles. The number of piperidine rings is 1. The summed E-state index contributed by atoms with van der Waals surface area (Å²) >= 11 is 9.51. The molecule has 0 spiro atoms. The molecule has 1 saturated carbocycles. The average molecular weight is 372 g/mol. The number of hydrogen-bond donors (Lipinski definition) is 1. The molecule has 1 aromatic carbocycles. The highest BCUT2D eigenvalue weighted by Crippen LogP contribution is 2.32. The minimum Gasteiger partial charge on any atom is -0.342 e. The zero-order valence-electron chi connectivity index (χ0n) is 11.9. The van der Waals surface area contributed by atoms with Gasteiger partial charge in [0.1, 0.15) is 0 Å². The van der Waals surface area contributed by atoms with E-state index in [1.54, 1.807) is 0 Å². The first-order valence-electron chi connectivity index (χ1n) is 7.59. The SMILES string of the molecule is O=C(C1CC1)N1CCC(NCc2ccc(Br)c(Cl)c2)CC1. The van der Waals surface area contributed by atoms with Gasteiger partial charge >= 0.3 is 0 Å². The van der Waals surface area contributed by atoms with Gasteiger partial charge < -0.3 is 10.2 Å². The molecule has 1 N–H and O–H groups in total. The minimum absolute atomic E-state index is 0.347. The van der Waals surface area contributed by atoms with E-state index in [4.69, 9.17) is 11.6 Å². The number of carbonyl (C=O) groups excluding carboxylic acids is 1. The van der Waals surface area contributed by atoms with E-state index >= 15 is 0 Å². The number of hydrogen-bond acceptors (Lipinski definition) is 2. The predicted molar refractivity (Wildman–Crippen MR) is 88.3 cm³/mol. The van der Waals surface area contributed by atoms with E-state index < -0.39 is 0 Å². The lowest BCUT2D eigenvalue weighted by Gasteiger charge is -2.32. The summed E-state index contributed by atoms with van der Waals surface area (Å²) in [6.07, 6.45) is 4.29. The summed E-state index contributed by atoms with van der Waals surface area (Å²) in [5, 5.41) is 4.33. The molecule has 0 bridgehead atoms. The van der Waals surface area contributed by atoms with Gasteiger partial charge in [0, 0.05) is 36.1 Å². The van der Waals surface area contributed by atoms with E-state index in [-0.39, 0.29) is 0 Å². The van der Waals surface area contributed by atoms with Crippen molar-refractivity contribution in [3.05, 3.63) is 33.3 Å². The second-order valence-corrected chi connectivity index (χ2v) is 7.26. The Morgan fingerprint density at radius 1 is 1.29 bits per heavy atom. The summed E-state index contributed by atoms with van der Waals surface area (Å²) in [6, 6.07) is 6.55. The Morgan fingerprint density at radius 3 is 2.62 bits per heavy atom. The van der Waals surface area contributed by atoms with E-state index in [0.29, 0.717) is 17.9 Å².